The van der Waals surface area contributed by atoms with Crippen molar-refractivity contribution in [3.8, 4) is 12.3 Å². The van der Waals surface area contributed by atoms with Crippen LogP contribution in [0.25, 0.3) is 0 Å². The molecule has 0 radical (unpaired) electrons. The van der Waals surface area contributed by atoms with E-state index < -0.39 is 5.60 Å². The number of carbonyl (C=O) groups excluding carboxylic acids is 1. The third-order valence-corrected chi connectivity index (χ3v) is 8.40. The lowest BCUT2D eigenvalue weighted by Gasteiger charge is -2.53. The molecule has 5 atom stereocenters. The lowest BCUT2D eigenvalue weighted by Crippen LogP contribution is -2.50. The molecule has 150 valence electrons. The number of rotatable bonds is 1. The minimum Gasteiger partial charge on any atom is -0.377 e. The molecular formula is C26H27FO2. The van der Waals surface area contributed by atoms with E-state index in [2.05, 4.69) is 12.8 Å². The Kier molecular flexibility index (Phi) is 4.16. The molecule has 29 heavy (non-hydrogen) atoms. The molecular weight excluding hydrogens is 363 g/mol. The summed E-state index contributed by atoms with van der Waals surface area (Å²) in [4.78, 5) is 12.0. The van der Waals surface area contributed by atoms with Crippen LogP contribution < -0.4 is 0 Å². The van der Waals surface area contributed by atoms with Crippen LogP contribution in [0.1, 0.15) is 63.4 Å². The lowest BCUT2D eigenvalue weighted by molar-refractivity contribution is -0.114. The van der Waals surface area contributed by atoms with E-state index in [4.69, 9.17) is 6.42 Å². The second kappa shape index (κ2) is 6.41. The molecule has 4 aliphatic rings. The van der Waals surface area contributed by atoms with Crippen LogP contribution in [-0.4, -0.2) is 16.5 Å². The summed E-state index contributed by atoms with van der Waals surface area (Å²) in [5, 5.41) is 11.4. The summed E-state index contributed by atoms with van der Waals surface area (Å²) in [6, 6.07) is 6.81. The van der Waals surface area contributed by atoms with Crippen LogP contribution in [0, 0.1) is 35.4 Å². The van der Waals surface area contributed by atoms with Crippen molar-refractivity contribution in [2.24, 2.45) is 17.3 Å². The molecule has 0 aromatic heterocycles. The Hall–Kier alpha value is -2.18. The van der Waals surface area contributed by atoms with Crippen molar-refractivity contribution in [3.05, 3.63) is 58.4 Å². The topological polar surface area (TPSA) is 37.3 Å². The molecule has 4 aliphatic carbocycles. The fourth-order valence-corrected chi connectivity index (χ4v) is 6.90. The summed E-state index contributed by atoms with van der Waals surface area (Å²) in [6.07, 6.45) is 13.3. The highest BCUT2D eigenvalue weighted by molar-refractivity contribution is 5.93. The summed E-state index contributed by atoms with van der Waals surface area (Å²) >= 11 is 0. The van der Waals surface area contributed by atoms with Crippen molar-refractivity contribution in [2.45, 2.75) is 63.4 Å². The number of aliphatic hydroxyl groups is 1. The molecule has 2 fully saturated rings. The Morgan fingerprint density at radius 3 is 2.66 bits per heavy atom. The highest BCUT2D eigenvalue weighted by Gasteiger charge is 2.62. The molecule has 0 spiro atoms. The molecule has 0 unspecified atom stereocenters. The van der Waals surface area contributed by atoms with Crippen molar-refractivity contribution < 1.29 is 14.3 Å². The number of terminal acetylenes is 1. The molecule has 0 heterocycles. The maximum absolute atomic E-state index is 13.6. The number of hydrogen-bond donors (Lipinski definition) is 1. The van der Waals surface area contributed by atoms with Crippen molar-refractivity contribution in [1.29, 1.82) is 0 Å². The van der Waals surface area contributed by atoms with Crippen LogP contribution >= 0.6 is 0 Å². The largest absolute Gasteiger partial charge is 0.377 e. The van der Waals surface area contributed by atoms with Crippen molar-refractivity contribution in [2.75, 3.05) is 0 Å². The molecule has 5 rings (SSSR count). The van der Waals surface area contributed by atoms with Gasteiger partial charge < -0.3 is 5.11 Å². The molecule has 0 saturated heterocycles. The van der Waals surface area contributed by atoms with Crippen molar-refractivity contribution in [1.82, 2.24) is 0 Å². The second-order valence-electron chi connectivity index (χ2n) is 9.59. The predicted molar refractivity (Wildman–Crippen MR) is 110 cm³/mol. The molecule has 0 bridgehead atoms. The molecule has 2 nitrogen and oxygen atoms in total. The minimum atomic E-state index is -1.09. The summed E-state index contributed by atoms with van der Waals surface area (Å²) in [6.45, 7) is 2.16. The van der Waals surface area contributed by atoms with E-state index in [9.17, 15) is 14.3 Å². The van der Waals surface area contributed by atoms with E-state index in [1.165, 1.54) is 28.9 Å². The van der Waals surface area contributed by atoms with Gasteiger partial charge in [0, 0.05) is 17.8 Å². The lowest BCUT2D eigenvalue weighted by atomic mass is 9.51. The highest BCUT2D eigenvalue weighted by Crippen LogP contribution is 2.66. The van der Waals surface area contributed by atoms with Gasteiger partial charge in [0.2, 0.25) is 0 Å². The van der Waals surface area contributed by atoms with Gasteiger partial charge in [-0.3, -0.25) is 4.79 Å². The third-order valence-electron chi connectivity index (χ3n) is 8.40. The fourth-order valence-electron chi connectivity index (χ4n) is 6.90. The molecule has 0 aliphatic heterocycles. The summed E-state index contributed by atoms with van der Waals surface area (Å²) < 4.78 is 13.6. The van der Waals surface area contributed by atoms with Crippen LogP contribution in [0.3, 0.4) is 0 Å². The first-order chi connectivity index (χ1) is 13.9. The van der Waals surface area contributed by atoms with Gasteiger partial charge >= 0.3 is 0 Å². The van der Waals surface area contributed by atoms with E-state index in [1.807, 2.05) is 18.2 Å². The quantitative estimate of drug-likeness (QED) is 0.678. The normalized spacial score (nSPS) is 38.6. The van der Waals surface area contributed by atoms with Gasteiger partial charge in [0.05, 0.1) is 0 Å². The molecule has 1 aromatic rings. The SMILES string of the molecule is C#C[C@]1(O)CC[C@H]2[C@@H]3CCC4=CC(=O)CCC4=C3[C@@H](c3ccc(F)cc3)C[C@@]21C. The summed E-state index contributed by atoms with van der Waals surface area (Å²) in [7, 11) is 0. The second-order valence-corrected chi connectivity index (χ2v) is 9.59. The fraction of sp³-hybridized carbons (Fsp3) is 0.500. The maximum Gasteiger partial charge on any atom is 0.156 e. The number of halogens is 1. The summed E-state index contributed by atoms with van der Waals surface area (Å²) in [5.41, 5.74) is 3.63. The van der Waals surface area contributed by atoms with Crippen molar-refractivity contribution in [3.63, 3.8) is 0 Å². The van der Waals surface area contributed by atoms with Crippen LogP contribution in [0.15, 0.2) is 47.1 Å². The predicted octanol–water partition coefficient (Wildman–Crippen LogP) is 5.09. The first-order valence-electron chi connectivity index (χ1n) is 10.8. The van der Waals surface area contributed by atoms with E-state index in [0.29, 0.717) is 24.7 Å². The average molecular weight is 390 g/mol. The smallest absolute Gasteiger partial charge is 0.156 e. The van der Waals surface area contributed by atoms with Gasteiger partial charge in [0.15, 0.2) is 5.78 Å². The number of benzene rings is 1. The minimum absolute atomic E-state index is 0.103. The van der Waals surface area contributed by atoms with Crippen LogP contribution in [-0.2, 0) is 4.79 Å². The number of hydrogen-bond acceptors (Lipinski definition) is 2. The Morgan fingerprint density at radius 1 is 1.17 bits per heavy atom. The van der Waals surface area contributed by atoms with Gasteiger partial charge in [-0.15, -0.1) is 6.42 Å². The van der Waals surface area contributed by atoms with Gasteiger partial charge in [0.25, 0.3) is 0 Å². The van der Waals surface area contributed by atoms with Gasteiger partial charge in [-0.2, -0.15) is 0 Å². The first-order valence-corrected chi connectivity index (χ1v) is 10.8. The first kappa shape index (κ1) is 18.8. The van der Waals surface area contributed by atoms with E-state index in [-0.39, 0.29) is 22.9 Å². The summed E-state index contributed by atoms with van der Waals surface area (Å²) in [5.74, 6) is 3.55. The Balaban J connectivity index is 1.70. The molecule has 2 saturated carbocycles. The van der Waals surface area contributed by atoms with Gasteiger partial charge in [-0.1, -0.05) is 30.6 Å². The molecule has 1 aromatic carbocycles. The van der Waals surface area contributed by atoms with Gasteiger partial charge in [-0.25, -0.2) is 4.39 Å². The van der Waals surface area contributed by atoms with Gasteiger partial charge in [-0.05, 0) is 85.3 Å². The molecule has 0 amide bonds. The Morgan fingerprint density at radius 2 is 1.93 bits per heavy atom. The Bertz CT molecular complexity index is 979. The Labute approximate surface area is 171 Å². The van der Waals surface area contributed by atoms with Gasteiger partial charge in [0.1, 0.15) is 11.4 Å². The zero-order chi connectivity index (χ0) is 20.4. The molecule has 3 heteroatoms. The zero-order valence-corrected chi connectivity index (χ0v) is 16.9. The van der Waals surface area contributed by atoms with E-state index in [0.717, 1.165) is 37.7 Å². The van der Waals surface area contributed by atoms with Crippen molar-refractivity contribution >= 4 is 5.78 Å². The number of fused-ring (bicyclic) bond motifs is 4. The standard InChI is InChI=1S/C26H27FO2/c1-3-26(29)13-12-23-21-10-6-17-14-19(28)9-11-20(17)24(21)22(15-25(23,26)2)16-4-7-18(27)8-5-16/h1,4-5,7-8,14,21-23,29H,6,9-13,15H2,2H3/t21-,22+,23-,25-,26-/m0/s1. The van der Waals surface area contributed by atoms with Crippen LogP contribution in [0.2, 0.25) is 0 Å². The van der Waals surface area contributed by atoms with E-state index in [1.54, 1.807) is 0 Å². The zero-order valence-electron chi connectivity index (χ0n) is 16.9. The monoisotopic (exact) mass is 390 g/mol. The van der Waals surface area contributed by atoms with E-state index >= 15 is 0 Å². The maximum atomic E-state index is 13.6. The average Bonchev–Trinajstić information content (AvgIpc) is 2.99. The van der Waals surface area contributed by atoms with Crippen LogP contribution in [0.4, 0.5) is 4.39 Å². The van der Waals surface area contributed by atoms with Crippen LogP contribution in [0.5, 0.6) is 0 Å². The number of carbonyl (C=O) groups is 1. The number of ketones is 1. The third kappa shape index (κ3) is 2.62. The highest BCUT2D eigenvalue weighted by atomic mass is 19.1. The molecule has 1 N–H and O–H groups in total. The number of allylic oxidation sites excluding steroid dienone is 4.